The van der Waals surface area contributed by atoms with Crippen LogP contribution >= 0.6 is 0 Å². The van der Waals surface area contributed by atoms with Crippen molar-refractivity contribution in [2.45, 2.75) is 6.54 Å². The molecule has 4 rings (SSSR count). The fraction of sp³-hybridized carbons (Fsp3) is 0.300. The highest BCUT2D eigenvalue weighted by molar-refractivity contribution is 5.92. The highest BCUT2D eigenvalue weighted by Crippen LogP contribution is 2.15. The average molecular weight is 350 g/mol. The maximum Gasteiger partial charge on any atom is 0.270 e. The fourth-order valence-electron chi connectivity index (χ4n) is 3.59. The number of pyridine rings is 1. The predicted molar refractivity (Wildman–Crippen MR) is 101 cm³/mol. The Morgan fingerprint density at radius 1 is 1.08 bits per heavy atom. The molecule has 0 bridgehead atoms. The Balaban J connectivity index is 1.46. The molecule has 1 fully saturated rings. The van der Waals surface area contributed by atoms with Crippen LogP contribution in [0.1, 0.15) is 16.1 Å². The average Bonchev–Trinajstić information content (AvgIpc) is 3.21. The van der Waals surface area contributed by atoms with Crippen LogP contribution in [0.5, 0.6) is 0 Å². The maximum atomic E-state index is 12.7. The van der Waals surface area contributed by atoms with E-state index in [0.29, 0.717) is 25.3 Å². The van der Waals surface area contributed by atoms with Gasteiger partial charge >= 0.3 is 0 Å². The van der Waals surface area contributed by atoms with Gasteiger partial charge in [-0.2, -0.15) is 0 Å². The van der Waals surface area contributed by atoms with Crippen LogP contribution in [0.2, 0.25) is 0 Å². The van der Waals surface area contributed by atoms with Gasteiger partial charge in [0.2, 0.25) is 0 Å². The van der Waals surface area contributed by atoms with E-state index in [-0.39, 0.29) is 11.5 Å². The monoisotopic (exact) mass is 350 g/mol. The normalized spacial score (nSPS) is 15.5. The minimum absolute atomic E-state index is 0.0382. The molecule has 1 saturated heterocycles. The van der Waals surface area contributed by atoms with Crippen LogP contribution in [0.15, 0.2) is 53.5 Å². The first-order valence-electron chi connectivity index (χ1n) is 8.86. The molecule has 0 spiro atoms. The van der Waals surface area contributed by atoms with Gasteiger partial charge in [0.15, 0.2) is 0 Å². The molecule has 6 nitrogen and oxygen atoms in total. The zero-order valence-corrected chi connectivity index (χ0v) is 14.8. The number of aryl methyl sites for hydroxylation is 1. The number of amides is 1. The number of hydrogen-bond acceptors (Lipinski definition) is 3. The van der Waals surface area contributed by atoms with Crippen molar-refractivity contribution in [2.75, 3.05) is 26.2 Å². The minimum Gasteiger partial charge on any atom is -0.357 e. The zero-order chi connectivity index (χ0) is 18.1. The van der Waals surface area contributed by atoms with Crippen LogP contribution in [-0.2, 0) is 13.6 Å². The van der Waals surface area contributed by atoms with E-state index in [2.05, 4.69) is 9.88 Å². The van der Waals surface area contributed by atoms with E-state index in [9.17, 15) is 9.59 Å². The van der Waals surface area contributed by atoms with E-state index < -0.39 is 0 Å². The number of aromatic nitrogens is 2. The lowest BCUT2D eigenvalue weighted by atomic mass is 10.1. The quantitative estimate of drug-likeness (QED) is 0.784. The summed E-state index contributed by atoms with van der Waals surface area (Å²) in [6.07, 6.45) is 1.76. The molecule has 0 saturated carbocycles. The van der Waals surface area contributed by atoms with Gasteiger partial charge in [0, 0.05) is 51.5 Å². The summed E-state index contributed by atoms with van der Waals surface area (Å²) in [6.45, 7) is 3.49. The molecule has 26 heavy (non-hydrogen) atoms. The zero-order valence-electron chi connectivity index (χ0n) is 14.8. The second kappa shape index (κ2) is 6.80. The molecule has 0 aliphatic carbocycles. The molecule has 2 aromatic heterocycles. The summed E-state index contributed by atoms with van der Waals surface area (Å²) in [6, 6.07) is 13.6. The highest BCUT2D eigenvalue weighted by Gasteiger charge is 2.23. The number of nitrogens with one attached hydrogen (secondary N) is 1. The lowest BCUT2D eigenvalue weighted by molar-refractivity contribution is 0.0623. The summed E-state index contributed by atoms with van der Waals surface area (Å²) in [7, 11) is 1.82. The van der Waals surface area contributed by atoms with Crippen molar-refractivity contribution in [2.24, 2.45) is 7.05 Å². The number of hydrogen-bond donors (Lipinski definition) is 1. The number of nitrogens with zero attached hydrogens (tertiary/aromatic N) is 3. The number of piperazine rings is 1. The molecular formula is C20H22N4O2. The molecule has 3 heterocycles. The van der Waals surface area contributed by atoms with Crippen LogP contribution in [0.3, 0.4) is 0 Å². The lowest BCUT2D eigenvalue weighted by Gasteiger charge is -2.34. The van der Waals surface area contributed by atoms with Gasteiger partial charge in [-0.25, -0.2) is 0 Å². The molecule has 6 heteroatoms. The first-order valence-corrected chi connectivity index (χ1v) is 8.86. The second-order valence-electron chi connectivity index (χ2n) is 6.74. The summed E-state index contributed by atoms with van der Waals surface area (Å²) in [4.78, 5) is 32.1. The summed E-state index contributed by atoms with van der Waals surface area (Å²) in [5.41, 5.74) is 2.42. The molecular weight excluding hydrogens is 328 g/mol. The third kappa shape index (κ3) is 3.04. The first kappa shape index (κ1) is 16.6. The Bertz CT molecular complexity index is 983. The standard InChI is InChI=1S/C20H22N4O2/c1-22-18-7-3-2-5-15(18)13-16(19(22)25)14-23-9-11-24(12-10-23)20(26)17-6-4-8-21-17/h2-8,13,21H,9-12,14H2,1H3. The van der Waals surface area contributed by atoms with Crippen molar-refractivity contribution in [3.63, 3.8) is 0 Å². The van der Waals surface area contributed by atoms with Gasteiger partial charge in [0.1, 0.15) is 5.69 Å². The number of carbonyl (C=O) groups is 1. The number of para-hydroxylation sites is 1. The molecule has 1 N–H and O–H groups in total. The lowest BCUT2D eigenvalue weighted by Crippen LogP contribution is -2.48. The Morgan fingerprint density at radius 3 is 2.58 bits per heavy atom. The SMILES string of the molecule is Cn1c(=O)c(CN2CCN(C(=O)c3ccc[nH]3)CC2)cc2ccccc21. The van der Waals surface area contributed by atoms with Crippen LogP contribution in [0.4, 0.5) is 0 Å². The van der Waals surface area contributed by atoms with E-state index in [4.69, 9.17) is 0 Å². The fourth-order valence-corrected chi connectivity index (χ4v) is 3.59. The molecule has 0 atom stereocenters. The van der Waals surface area contributed by atoms with Gasteiger partial charge in [0.25, 0.3) is 11.5 Å². The Kier molecular flexibility index (Phi) is 4.34. The van der Waals surface area contributed by atoms with Crippen molar-refractivity contribution in [1.82, 2.24) is 19.4 Å². The van der Waals surface area contributed by atoms with E-state index in [1.165, 1.54) is 0 Å². The molecule has 3 aromatic rings. The largest absolute Gasteiger partial charge is 0.357 e. The Labute approximate surface area is 151 Å². The molecule has 0 unspecified atom stereocenters. The number of aromatic amines is 1. The molecule has 0 radical (unpaired) electrons. The molecule has 134 valence electrons. The number of carbonyl (C=O) groups excluding carboxylic acids is 1. The van der Waals surface area contributed by atoms with Gasteiger partial charge < -0.3 is 14.5 Å². The first-order chi connectivity index (χ1) is 12.6. The van der Waals surface area contributed by atoms with Crippen molar-refractivity contribution in [1.29, 1.82) is 0 Å². The molecule has 1 aromatic carbocycles. The van der Waals surface area contributed by atoms with Crippen molar-refractivity contribution in [3.05, 3.63) is 70.3 Å². The third-order valence-electron chi connectivity index (χ3n) is 5.09. The van der Waals surface area contributed by atoms with E-state index in [1.54, 1.807) is 16.8 Å². The van der Waals surface area contributed by atoms with Gasteiger partial charge in [0.05, 0.1) is 5.52 Å². The van der Waals surface area contributed by atoms with Crippen LogP contribution in [-0.4, -0.2) is 51.4 Å². The van der Waals surface area contributed by atoms with Gasteiger partial charge in [-0.3, -0.25) is 14.5 Å². The molecule has 1 aliphatic rings. The highest BCUT2D eigenvalue weighted by atomic mass is 16.2. The maximum absolute atomic E-state index is 12.7. The van der Waals surface area contributed by atoms with Crippen molar-refractivity contribution >= 4 is 16.8 Å². The topological polar surface area (TPSA) is 61.3 Å². The minimum atomic E-state index is 0.0382. The number of rotatable bonds is 3. The molecule has 1 amide bonds. The Hall–Kier alpha value is -2.86. The van der Waals surface area contributed by atoms with Gasteiger partial charge in [-0.05, 0) is 29.7 Å². The van der Waals surface area contributed by atoms with E-state index >= 15 is 0 Å². The van der Waals surface area contributed by atoms with Crippen molar-refractivity contribution in [3.8, 4) is 0 Å². The van der Waals surface area contributed by atoms with E-state index in [0.717, 1.165) is 29.6 Å². The van der Waals surface area contributed by atoms with Crippen LogP contribution in [0, 0.1) is 0 Å². The number of H-pyrrole nitrogens is 1. The number of fused-ring (bicyclic) bond motifs is 1. The summed E-state index contributed by atoms with van der Waals surface area (Å²) in [5, 5.41) is 1.07. The summed E-state index contributed by atoms with van der Waals surface area (Å²) >= 11 is 0. The second-order valence-corrected chi connectivity index (χ2v) is 6.74. The summed E-state index contributed by atoms with van der Waals surface area (Å²) in [5.74, 6) is 0.0382. The van der Waals surface area contributed by atoms with Gasteiger partial charge in [-0.15, -0.1) is 0 Å². The van der Waals surface area contributed by atoms with Gasteiger partial charge in [-0.1, -0.05) is 18.2 Å². The number of benzene rings is 1. The van der Waals surface area contributed by atoms with E-state index in [1.807, 2.05) is 48.3 Å². The summed E-state index contributed by atoms with van der Waals surface area (Å²) < 4.78 is 1.72. The van der Waals surface area contributed by atoms with Crippen LogP contribution in [0.25, 0.3) is 10.9 Å². The Morgan fingerprint density at radius 2 is 1.85 bits per heavy atom. The third-order valence-corrected chi connectivity index (χ3v) is 5.09. The van der Waals surface area contributed by atoms with Crippen molar-refractivity contribution < 1.29 is 4.79 Å². The van der Waals surface area contributed by atoms with Crippen LogP contribution < -0.4 is 5.56 Å². The predicted octanol–water partition coefficient (Wildman–Crippen LogP) is 1.82. The smallest absolute Gasteiger partial charge is 0.270 e. The molecule has 1 aliphatic heterocycles.